The molecule has 1 saturated carbocycles. The van der Waals surface area contributed by atoms with Crippen LogP contribution in [0.4, 0.5) is 0 Å². The van der Waals surface area contributed by atoms with Gasteiger partial charge >= 0.3 is 0 Å². The molecule has 0 saturated heterocycles. The lowest BCUT2D eigenvalue weighted by atomic mass is 9.77. The lowest BCUT2D eigenvalue weighted by molar-refractivity contribution is 0.0725. The molecule has 1 aromatic heterocycles. The van der Waals surface area contributed by atoms with Crippen molar-refractivity contribution >= 4 is 11.3 Å². The minimum absolute atomic E-state index is 0.220. The summed E-state index contributed by atoms with van der Waals surface area (Å²) in [6.07, 6.45) is 7.52. The van der Waals surface area contributed by atoms with E-state index < -0.39 is 0 Å². The molecule has 1 aromatic rings. The molecule has 1 nitrogen and oxygen atoms in total. The first-order valence-corrected chi connectivity index (χ1v) is 7.81. The van der Waals surface area contributed by atoms with E-state index in [0.717, 1.165) is 11.5 Å². The van der Waals surface area contributed by atoms with Crippen molar-refractivity contribution in [1.82, 2.24) is 0 Å². The highest BCUT2D eigenvalue weighted by Gasteiger charge is 2.27. The monoisotopic (exact) mass is 252 g/mol. The van der Waals surface area contributed by atoms with Gasteiger partial charge in [0, 0.05) is 4.88 Å². The summed E-state index contributed by atoms with van der Waals surface area (Å²) in [6, 6.07) is 2.15. The second-order valence-electron chi connectivity index (χ2n) is 5.51. The van der Waals surface area contributed by atoms with Gasteiger partial charge in [0.1, 0.15) is 0 Å². The lowest BCUT2D eigenvalue weighted by Crippen LogP contribution is -2.20. The number of aliphatic hydroxyl groups excluding tert-OH is 1. The van der Waals surface area contributed by atoms with Crippen molar-refractivity contribution in [2.45, 2.75) is 58.5 Å². The molecule has 0 bridgehead atoms. The minimum Gasteiger partial charge on any atom is -0.388 e. The van der Waals surface area contributed by atoms with Gasteiger partial charge in [0.15, 0.2) is 0 Å². The standard InChI is InChI=1S/C15H24OS/c1-3-4-12-5-7-13(8-6-12)15(16)14-9-11(2)17-10-14/h9-10,12-13,15-16H,3-8H2,1-2H3. The van der Waals surface area contributed by atoms with Crippen LogP contribution in [0.2, 0.25) is 0 Å². The summed E-state index contributed by atoms with van der Waals surface area (Å²) in [5.41, 5.74) is 1.14. The van der Waals surface area contributed by atoms with Crippen LogP contribution in [0.5, 0.6) is 0 Å². The summed E-state index contributed by atoms with van der Waals surface area (Å²) in [4.78, 5) is 1.30. The highest BCUT2D eigenvalue weighted by atomic mass is 32.1. The Bertz CT molecular complexity index is 336. The largest absolute Gasteiger partial charge is 0.388 e. The maximum absolute atomic E-state index is 10.4. The van der Waals surface area contributed by atoms with Crippen LogP contribution in [0.1, 0.15) is 62.0 Å². The molecule has 17 heavy (non-hydrogen) atoms. The molecule has 0 aliphatic heterocycles. The van der Waals surface area contributed by atoms with Crippen LogP contribution in [-0.2, 0) is 0 Å². The zero-order valence-corrected chi connectivity index (χ0v) is 11.8. The van der Waals surface area contributed by atoms with E-state index >= 15 is 0 Å². The van der Waals surface area contributed by atoms with Crippen molar-refractivity contribution in [3.8, 4) is 0 Å². The second-order valence-corrected chi connectivity index (χ2v) is 6.62. The van der Waals surface area contributed by atoms with Crippen molar-refractivity contribution in [3.63, 3.8) is 0 Å². The van der Waals surface area contributed by atoms with Gasteiger partial charge in [0.2, 0.25) is 0 Å². The summed E-state index contributed by atoms with van der Waals surface area (Å²) in [6.45, 7) is 4.38. The quantitative estimate of drug-likeness (QED) is 0.823. The van der Waals surface area contributed by atoms with Crippen LogP contribution in [0.3, 0.4) is 0 Å². The fourth-order valence-corrected chi connectivity index (χ4v) is 3.83. The molecule has 2 rings (SSSR count). The normalized spacial score (nSPS) is 27.0. The molecule has 1 unspecified atom stereocenters. The minimum atomic E-state index is -0.220. The van der Waals surface area contributed by atoms with Gasteiger partial charge in [0.25, 0.3) is 0 Å². The van der Waals surface area contributed by atoms with Gasteiger partial charge in [-0.25, -0.2) is 0 Å². The fraction of sp³-hybridized carbons (Fsp3) is 0.733. The van der Waals surface area contributed by atoms with E-state index in [9.17, 15) is 5.11 Å². The Kier molecular flexibility index (Phi) is 4.63. The highest BCUT2D eigenvalue weighted by molar-refractivity contribution is 7.10. The average molecular weight is 252 g/mol. The Morgan fingerprint density at radius 1 is 1.35 bits per heavy atom. The number of hydrogen-bond donors (Lipinski definition) is 1. The van der Waals surface area contributed by atoms with E-state index in [1.54, 1.807) is 11.3 Å². The molecule has 1 atom stereocenters. The third-order valence-electron chi connectivity index (χ3n) is 4.13. The van der Waals surface area contributed by atoms with Crippen LogP contribution in [0.25, 0.3) is 0 Å². The Labute approximate surface area is 109 Å². The molecule has 1 aliphatic carbocycles. The van der Waals surface area contributed by atoms with Crippen molar-refractivity contribution < 1.29 is 5.11 Å². The smallest absolute Gasteiger partial charge is 0.0826 e. The molecule has 96 valence electrons. The summed E-state index contributed by atoms with van der Waals surface area (Å²) in [5, 5.41) is 12.5. The van der Waals surface area contributed by atoms with Crippen LogP contribution >= 0.6 is 11.3 Å². The molecule has 1 fully saturated rings. The number of aliphatic hydroxyl groups is 1. The summed E-state index contributed by atoms with van der Waals surface area (Å²) in [5.74, 6) is 1.42. The topological polar surface area (TPSA) is 20.2 Å². The number of thiophene rings is 1. The summed E-state index contributed by atoms with van der Waals surface area (Å²) in [7, 11) is 0. The van der Waals surface area contributed by atoms with Crippen molar-refractivity contribution in [2.24, 2.45) is 11.8 Å². The predicted molar refractivity (Wildman–Crippen MR) is 74.4 cm³/mol. The Morgan fingerprint density at radius 3 is 2.59 bits per heavy atom. The molecule has 0 spiro atoms. The SMILES string of the molecule is CCCC1CCC(C(O)c2csc(C)c2)CC1. The van der Waals surface area contributed by atoms with Crippen LogP contribution in [0.15, 0.2) is 11.4 Å². The maximum Gasteiger partial charge on any atom is 0.0826 e. The molecule has 0 amide bonds. The van der Waals surface area contributed by atoms with E-state index in [0.29, 0.717) is 5.92 Å². The van der Waals surface area contributed by atoms with Crippen LogP contribution in [-0.4, -0.2) is 5.11 Å². The predicted octanol–water partition coefficient (Wildman–Crippen LogP) is 4.70. The van der Waals surface area contributed by atoms with E-state index in [1.165, 1.54) is 43.4 Å². The summed E-state index contributed by atoms with van der Waals surface area (Å²) >= 11 is 1.75. The van der Waals surface area contributed by atoms with Gasteiger partial charge in [-0.3, -0.25) is 0 Å². The van der Waals surface area contributed by atoms with Gasteiger partial charge in [0.05, 0.1) is 6.10 Å². The molecular weight excluding hydrogens is 228 g/mol. The fourth-order valence-electron chi connectivity index (χ4n) is 3.09. The maximum atomic E-state index is 10.4. The van der Waals surface area contributed by atoms with Gasteiger partial charge in [-0.15, -0.1) is 11.3 Å². The van der Waals surface area contributed by atoms with Crippen LogP contribution < -0.4 is 0 Å². The van der Waals surface area contributed by atoms with Gasteiger partial charge < -0.3 is 5.11 Å². The lowest BCUT2D eigenvalue weighted by Gasteiger charge is -2.31. The molecular formula is C15H24OS. The molecule has 2 heteroatoms. The first kappa shape index (κ1) is 13.1. The zero-order valence-electron chi connectivity index (χ0n) is 11.0. The number of hydrogen-bond acceptors (Lipinski definition) is 2. The van der Waals surface area contributed by atoms with E-state index in [4.69, 9.17) is 0 Å². The third kappa shape index (κ3) is 3.32. The average Bonchev–Trinajstić information content (AvgIpc) is 2.76. The number of rotatable bonds is 4. The van der Waals surface area contributed by atoms with E-state index in [1.807, 2.05) is 0 Å². The van der Waals surface area contributed by atoms with Gasteiger partial charge in [-0.1, -0.05) is 32.6 Å². The highest BCUT2D eigenvalue weighted by Crippen LogP contribution is 2.39. The first-order valence-electron chi connectivity index (χ1n) is 6.93. The first-order chi connectivity index (χ1) is 8.20. The van der Waals surface area contributed by atoms with E-state index in [-0.39, 0.29) is 6.10 Å². The molecule has 1 aliphatic rings. The Morgan fingerprint density at radius 2 is 2.06 bits per heavy atom. The molecule has 0 aromatic carbocycles. The summed E-state index contributed by atoms with van der Waals surface area (Å²) < 4.78 is 0. The van der Waals surface area contributed by atoms with Gasteiger partial charge in [-0.05, 0) is 48.6 Å². The third-order valence-corrected chi connectivity index (χ3v) is 5.01. The number of aryl methyl sites for hydroxylation is 1. The molecule has 1 N–H and O–H groups in total. The van der Waals surface area contributed by atoms with Crippen LogP contribution in [0, 0.1) is 18.8 Å². The van der Waals surface area contributed by atoms with Crippen molar-refractivity contribution in [1.29, 1.82) is 0 Å². The van der Waals surface area contributed by atoms with Gasteiger partial charge in [-0.2, -0.15) is 0 Å². The van der Waals surface area contributed by atoms with Crippen molar-refractivity contribution in [3.05, 3.63) is 21.9 Å². The Hall–Kier alpha value is -0.340. The molecule has 1 heterocycles. The zero-order chi connectivity index (χ0) is 12.3. The Balaban J connectivity index is 1.88. The van der Waals surface area contributed by atoms with E-state index in [2.05, 4.69) is 25.3 Å². The second kappa shape index (κ2) is 6.01. The molecule has 0 radical (unpaired) electrons. The van der Waals surface area contributed by atoms with Crippen molar-refractivity contribution in [2.75, 3.05) is 0 Å².